The van der Waals surface area contributed by atoms with Crippen LogP contribution in [-0.2, 0) is 9.59 Å². The van der Waals surface area contributed by atoms with Gasteiger partial charge in [0, 0.05) is 31.0 Å². The van der Waals surface area contributed by atoms with E-state index in [9.17, 15) is 9.59 Å². The van der Waals surface area contributed by atoms with Gasteiger partial charge in [0.15, 0.2) is 0 Å². The Kier molecular flexibility index (Phi) is 4.58. The lowest BCUT2D eigenvalue weighted by Crippen LogP contribution is -2.40. The zero-order valence-corrected chi connectivity index (χ0v) is 10.8. The molecule has 0 unspecified atom stereocenters. The number of nitrogens with two attached hydrogens (primary N) is 1. The number of hydrogen-bond donors (Lipinski definition) is 3. The normalized spacial score (nSPS) is 27.8. The fourth-order valence-corrected chi connectivity index (χ4v) is 2.50. The van der Waals surface area contributed by atoms with E-state index in [0.717, 1.165) is 32.2 Å². The molecule has 5 heteroatoms. The fourth-order valence-electron chi connectivity index (χ4n) is 2.50. The molecule has 2 rings (SSSR count). The van der Waals surface area contributed by atoms with E-state index in [2.05, 4.69) is 10.6 Å². The van der Waals surface area contributed by atoms with Crippen LogP contribution in [0.25, 0.3) is 0 Å². The van der Waals surface area contributed by atoms with Crippen LogP contribution in [0.1, 0.15) is 44.9 Å². The minimum absolute atomic E-state index is 0.00897. The SMILES string of the molecule is NC(=O)C1CCC(NC(=O)CCNC2CC2)CC1. The molecule has 0 atom stereocenters. The van der Waals surface area contributed by atoms with Gasteiger partial charge in [-0.3, -0.25) is 9.59 Å². The summed E-state index contributed by atoms with van der Waals surface area (Å²) in [4.78, 5) is 22.7. The molecule has 102 valence electrons. The monoisotopic (exact) mass is 253 g/mol. The van der Waals surface area contributed by atoms with Crippen molar-refractivity contribution >= 4 is 11.8 Å². The highest BCUT2D eigenvalue weighted by atomic mass is 16.2. The molecule has 4 N–H and O–H groups in total. The lowest BCUT2D eigenvalue weighted by Gasteiger charge is -2.27. The second-order valence-corrected chi connectivity index (χ2v) is 5.50. The molecule has 2 saturated carbocycles. The lowest BCUT2D eigenvalue weighted by molar-refractivity contribution is -0.123. The van der Waals surface area contributed by atoms with Crippen molar-refractivity contribution in [1.29, 1.82) is 0 Å². The highest BCUT2D eigenvalue weighted by molar-refractivity contribution is 5.77. The molecule has 0 aromatic rings. The van der Waals surface area contributed by atoms with Gasteiger partial charge in [-0.25, -0.2) is 0 Å². The average molecular weight is 253 g/mol. The Labute approximate surface area is 108 Å². The summed E-state index contributed by atoms with van der Waals surface area (Å²) in [6, 6.07) is 0.887. The van der Waals surface area contributed by atoms with Crippen molar-refractivity contribution in [3.63, 3.8) is 0 Å². The third kappa shape index (κ3) is 4.29. The van der Waals surface area contributed by atoms with E-state index < -0.39 is 0 Å². The van der Waals surface area contributed by atoms with Crippen molar-refractivity contribution in [1.82, 2.24) is 10.6 Å². The summed E-state index contributed by atoms with van der Waals surface area (Å²) in [5.41, 5.74) is 5.28. The van der Waals surface area contributed by atoms with E-state index in [-0.39, 0.29) is 23.8 Å². The highest BCUT2D eigenvalue weighted by Gasteiger charge is 2.25. The molecule has 0 radical (unpaired) electrons. The van der Waals surface area contributed by atoms with Crippen LogP contribution < -0.4 is 16.4 Å². The number of primary amides is 1. The van der Waals surface area contributed by atoms with Gasteiger partial charge < -0.3 is 16.4 Å². The first kappa shape index (κ1) is 13.3. The molecule has 0 aliphatic heterocycles. The number of carbonyl (C=O) groups excluding carboxylic acids is 2. The third-order valence-corrected chi connectivity index (χ3v) is 3.86. The standard InChI is InChI=1S/C13H23N3O2/c14-13(18)9-1-3-11(4-2-9)16-12(17)7-8-15-10-5-6-10/h9-11,15H,1-8H2,(H2,14,18)(H,16,17). The molecule has 0 aromatic carbocycles. The lowest BCUT2D eigenvalue weighted by atomic mass is 9.85. The second-order valence-electron chi connectivity index (χ2n) is 5.50. The average Bonchev–Trinajstić information content (AvgIpc) is 3.13. The largest absolute Gasteiger partial charge is 0.369 e. The first-order chi connectivity index (χ1) is 8.65. The van der Waals surface area contributed by atoms with Crippen molar-refractivity contribution in [2.45, 2.75) is 57.0 Å². The predicted octanol–water partition coefficient (Wildman–Crippen LogP) is 0.289. The second kappa shape index (κ2) is 6.18. The highest BCUT2D eigenvalue weighted by Crippen LogP contribution is 2.24. The summed E-state index contributed by atoms with van der Waals surface area (Å²) in [7, 11) is 0. The summed E-state index contributed by atoms with van der Waals surface area (Å²) in [6.07, 6.45) is 6.40. The van der Waals surface area contributed by atoms with E-state index in [1.165, 1.54) is 12.8 Å². The topological polar surface area (TPSA) is 84.2 Å². The third-order valence-electron chi connectivity index (χ3n) is 3.86. The van der Waals surface area contributed by atoms with E-state index in [1.807, 2.05) is 0 Å². The molecule has 0 bridgehead atoms. The van der Waals surface area contributed by atoms with Gasteiger partial charge >= 0.3 is 0 Å². The molecule has 0 spiro atoms. The van der Waals surface area contributed by atoms with Crippen LogP contribution in [0.2, 0.25) is 0 Å². The zero-order valence-electron chi connectivity index (χ0n) is 10.8. The summed E-state index contributed by atoms with van der Waals surface area (Å²) in [5.74, 6) is -0.0752. The fraction of sp³-hybridized carbons (Fsp3) is 0.846. The van der Waals surface area contributed by atoms with Crippen LogP contribution in [0.3, 0.4) is 0 Å². The number of rotatable bonds is 6. The smallest absolute Gasteiger partial charge is 0.221 e. The van der Waals surface area contributed by atoms with Gasteiger partial charge in [0.2, 0.25) is 11.8 Å². The van der Waals surface area contributed by atoms with Gasteiger partial charge in [-0.05, 0) is 38.5 Å². The van der Waals surface area contributed by atoms with Crippen molar-refractivity contribution in [2.75, 3.05) is 6.54 Å². The van der Waals surface area contributed by atoms with Gasteiger partial charge in [0.05, 0.1) is 0 Å². The van der Waals surface area contributed by atoms with Gasteiger partial charge in [-0.1, -0.05) is 0 Å². The molecule has 0 heterocycles. The van der Waals surface area contributed by atoms with E-state index in [0.29, 0.717) is 12.5 Å². The Bertz CT molecular complexity index is 307. The van der Waals surface area contributed by atoms with Crippen LogP contribution in [-0.4, -0.2) is 30.4 Å². The van der Waals surface area contributed by atoms with Crippen molar-refractivity contribution in [3.8, 4) is 0 Å². The van der Waals surface area contributed by atoms with Gasteiger partial charge in [-0.15, -0.1) is 0 Å². The predicted molar refractivity (Wildman–Crippen MR) is 68.7 cm³/mol. The van der Waals surface area contributed by atoms with E-state index in [4.69, 9.17) is 5.73 Å². The molecule has 2 aliphatic rings. The molecule has 18 heavy (non-hydrogen) atoms. The minimum atomic E-state index is -0.201. The summed E-state index contributed by atoms with van der Waals surface area (Å²) in [5, 5.41) is 6.37. The molecular weight excluding hydrogens is 230 g/mol. The first-order valence-electron chi connectivity index (χ1n) is 6.97. The Hall–Kier alpha value is -1.10. The minimum Gasteiger partial charge on any atom is -0.369 e. The van der Waals surface area contributed by atoms with Crippen molar-refractivity contribution in [2.24, 2.45) is 11.7 Å². The molecule has 0 saturated heterocycles. The molecule has 2 aliphatic carbocycles. The van der Waals surface area contributed by atoms with Crippen LogP contribution >= 0.6 is 0 Å². The molecule has 2 fully saturated rings. The molecule has 5 nitrogen and oxygen atoms in total. The Morgan fingerprint density at radius 3 is 2.17 bits per heavy atom. The molecular formula is C13H23N3O2. The zero-order chi connectivity index (χ0) is 13.0. The quantitative estimate of drug-likeness (QED) is 0.636. The number of nitrogens with one attached hydrogen (secondary N) is 2. The van der Waals surface area contributed by atoms with Crippen LogP contribution in [0.5, 0.6) is 0 Å². The summed E-state index contributed by atoms with van der Waals surface area (Å²) in [6.45, 7) is 0.771. The Morgan fingerprint density at radius 2 is 1.61 bits per heavy atom. The Balaban J connectivity index is 1.58. The van der Waals surface area contributed by atoms with Crippen molar-refractivity contribution < 1.29 is 9.59 Å². The van der Waals surface area contributed by atoms with E-state index >= 15 is 0 Å². The maximum absolute atomic E-state index is 11.7. The maximum atomic E-state index is 11.7. The maximum Gasteiger partial charge on any atom is 0.221 e. The molecule has 2 amide bonds. The van der Waals surface area contributed by atoms with Crippen LogP contribution in [0, 0.1) is 5.92 Å². The summed E-state index contributed by atoms with van der Waals surface area (Å²) < 4.78 is 0. The van der Waals surface area contributed by atoms with Crippen LogP contribution in [0.15, 0.2) is 0 Å². The molecule has 0 aromatic heterocycles. The van der Waals surface area contributed by atoms with Crippen LogP contribution in [0.4, 0.5) is 0 Å². The van der Waals surface area contributed by atoms with Gasteiger partial charge in [0.1, 0.15) is 0 Å². The summed E-state index contributed by atoms with van der Waals surface area (Å²) >= 11 is 0. The van der Waals surface area contributed by atoms with Crippen molar-refractivity contribution in [3.05, 3.63) is 0 Å². The van der Waals surface area contributed by atoms with Gasteiger partial charge in [-0.2, -0.15) is 0 Å². The Morgan fingerprint density at radius 1 is 1.00 bits per heavy atom. The van der Waals surface area contributed by atoms with Gasteiger partial charge in [0.25, 0.3) is 0 Å². The van der Waals surface area contributed by atoms with E-state index in [1.54, 1.807) is 0 Å². The number of amides is 2. The first-order valence-corrected chi connectivity index (χ1v) is 6.97. The number of carbonyl (C=O) groups is 2. The number of hydrogen-bond acceptors (Lipinski definition) is 3.